The molecule has 4 atom stereocenters. The average Bonchev–Trinajstić information content (AvgIpc) is 2.77. The third-order valence-electron chi connectivity index (χ3n) is 4.56. The molecule has 1 aliphatic heterocycles. The minimum absolute atomic E-state index is 0.484. The number of ether oxygens (including phenoxy) is 2. The summed E-state index contributed by atoms with van der Waals surface area (Å²) in [5, 5.41) is 9.21. The van der Waals surface area contributed by atoms with Crippen molar-refractivity contribution in [3.05, 3.63) is 29.3 Å². The SMILES string of the molecule is C[C@H]1[C@@H](c2ccc(F)c(F)c2OC(F)F)[C@H](C(=O)O)O[C@@]1(C)C(F)(F)F. The van der Waals surface area contributed by atoms with Gasteiger partial charge in [0.15, 0.2) is 23.3 Å². The first-order valence-electron chi connectivity index (χ1n) is 7.21. The van der Waals surface area contributed by atoms with E-state index in [0.29, 0.717) is 19.1 Å². The van der Waals surface area contributed by atoms with Gasteiger partial charge in [-0.3, -0.25) is 0 Å². The molecule has 1 N–H and O–H groups in total. The lowest BCUT2D eigenvalue weighted by atomic mass is 9.77. The van der Waals surface area contributed by atoms with E-state index < -0.39 is 65.2 Å². The fourth-order valence-electron chi connectivity index (χ4n) is 3.03. The van der Waals surface area contributed by atoms with Crippen LogP contribution >= 0.6 is 0 Å². The largest absolute Gasteiger partial charge is 0.479 e. The molecule has 0 spiro atoms. The molecule has 11 heteroatoms. The van der Waals surface area contributed by atoms with Crippen LogP contribution in [0.25, 0.3) is 0 Å². The van der Waals surface area contributed by atoms with E-state index in [-0.39, 0.29) is 0 Å². The predicted molar refractivity (Wildman–Crippen MR) is 71.9 cm³/mol. The molecule has 1 saturated heterocycles. The maximum absolute atomic E-state index is 13.9. The first-order valence-corrected chi connectivity index (χ1v) is 7.21. The van der Waals surface area contributed by atoms with Gasteiger partial charge in [0.05, 0.1) is 0 Å². The molecule has 0 aliphatic carbocycles. The number of carbonyl (C=O) groups is 1. The molecule has 0 unspecified atom stereocenters. The standard InChI is InChI=1S/C15H13F7O4/c1-5-8(11(12(23)24)26-14(5,2)15(20,21)22)6-3-4-7(16)9(17)10(6)25-13(18)19/h3-5,8,11,13H,1-2H3,(H,23,24)/t5-,8-,11+,14+/m0/s1. The van der Waals surface area contributed by atoms with Gasteiger partial charge in [0.2, 0.25) is 5.82 Å². The average molecular weight is 390 g/mol. The lowest BCUT2D eigenvalue weighted by Crippen LogP contribution is -2.47. The second-order valence-electron chi connectivity index (χ2n) is 5.95. The quantitative estimate of drug-likeness (QED) is 0.787. The molecule has 0 bridgehead atoms. The fraction of sp³-hybridized carbons (Fsp3) is 0.533. The zero-order chi connectivity index (χ0) is 20.0. The molecule has 2 rings (SSSR count). The zero-order valence-electron chi connectivity index (χ0n) is 13.3. The minimum Gasteiger partial charge on any atom is -0.479 e. The van der Waals surface area contributed by atoms with E-state index >= 15 is 0 Å². The van der Waals surface area contributed by atoms with E-state index in [9.17, 15) is 40.6 Å². The van der Waals surface area contributed by atoms with Crippen LogP contribution in [-0.2, 0) is 9.53 Å². The lowest BCUT2D eigenvalue weighted by molar-refractivity contribution is -0.273. The highest BCUT2D eigenvalue weighted by Crippen LogP contribution is 2.54. The van der Waals surface area contributed by atoms with Gasteiger partial charge < -0.3 is 14.6 Å². The summed E-state index contributed by atoms with van der Waals surface area (Å²) in [6.45, 7) is -2.03. The van der Waals surface area contributed by atoms with E-state index in [4.69, 9.17) is 4.74 Å². The Labute approximate surface area is 142 Å². The molecular formula is C15H13F7O4. The maximum atomic E-state index is 13.9. The molecule has 1 heterocycles. The molecule has 1 aromatic carbocycles. The number of aliphatic carboxylic acids is 1. The van der Waals surface area contributed by atoms with Crippen LogP contribution in [0.4, 0.5) is 30.7 Å². The van der Waals surface area contributed by atoms with Crippen LogP contribution in [-0.4, -0.2) is 35.6 Å². The summed E-state index contributed by atoms with van der Waals surface area (Å²) in [5.74, 6) is -9.96. The van der Waals surface area contributed by atoms with E-state index in [1.54, 1.807) is 0 Å². The van der Waals surface area contributed by atoms with Gasteiger partial charge in [0, 0.05) is 17.4 Å². The van der Waals surface area contributed by atoms with Crippen LogP contribution in [0.5, 0.6) is 5.75 Å². The van der Waals surface area contributed by atoms with Crippen molar-refractivity contribution >= 4 is 5.97 Å². The van der Waals surface area contributed by atoms with Crippen LogP contribution in [0, 0.1) is 17.6 Å². The van der Waals surface area contributed by atoms with Crippen molar-refractivity contribution in [3.63, 3.8) is 0 Å². The van der Waals surface area contributed by atoms with Gasteiger partial charge >= 0.3 is 18.8 Å². The summed E-state index contributed by atoms with van der Waals surface area (Å²) in [4.78, 5) is 11.4. The fourth-order valence-corrected chi connectivity index (χ4v) is 3.03. The topological polar surface area (TPSA) is 55.8 Å². The second kappa shape index (κ2) is 6.60. The van der Waals surface area contributed by atoms with Crippen molar-refractivity contribution in [2.75, 3.05) is 0 Å². The Morgan fingerprint density at radius 2 is 1.88 bits per heavy atom. The van der Waals surface area contributed by atoms with Gasteiger partial charge in [0.25, 0.3) is 0 Å². The number of hydrogen-bond donors (Lipinski definition) is 1. The van der Waals surface area contributed by atoms with E-state index in [1.165, 1.54) is 0 Å². The van der Waals surface area contributed by atoms with Crippen molar-refractivity contribution in [2.24, 2.45) is 5.92 Å². The summed E-state index contributed by atoms with van der Waals surface area (Å²) in [5.41, 5.74) is -3.61. The normalized spacial score (nSPS) is 29.2. The Bertz CT molecular complexity index is 706. The Morgan fingerprint density at radius 1 is 1.31 bits per heavy atom. The summed E-state index contributed by atoms with van der Waals surface area (Å²) in [6.07, 6.45) is -7.14. The maximum Gasteiger partial charge on any atom is 0.417 e. The predicted octanol–water partition coefficient (Wildman–Crippen LogP) is 4.09. The first kappa shape index (κ1) is 20.3. The molecule has 0 amide bonds. The summed E-state index contributed by atoms with van der Waals surface area (Å²) in [7, 11) is 0. The molecular weight excluding hydrogens is 377 g/mol. The third kappa shape index (κ3) is 3.19. The van der Waals surface area contributed by atoms with E-state index in [2.05, 4.69) is 4.74 Å². The summed E-state index contributed by atoms with van der Waals surface area (Å²) in [6, 6.07) is 1.19. The lowest BCUT2D eigenvalue weighted by Gasteiger charge is -2.32. The highest BCUT2D eigenvalue weighted by molar-refractivity contribution is 5.75. The van der Waals surface area contributed by atoms with Gasteiger partial charge in [-0.15, -0.1) is 0 Å². The van der Waals surface area contributed by atoms with Crippen LogP contribution < -0.4 is 4.74 Å². The minimum atomic E-state index is -5.00. The van der Waals surface area contributed by atoms with Gasteiger partial charge in [-0.2, -0.15) is 26.3 Å². The van der Waals surface area contributed by atoms with Gasteiger partial charge in [-0.05, 0) is 13.0 Å². The van der Waals surface area contributed by atoms with Crippen LogP contribution in [0.15, 0.2) is 12.1 Å². The Kier molecular flexibility index (Phi) is 5.15. The molecule has 1 aromatic rings. The molecule has 26 heavy (non-hydrogen) atoms. The monoisotopic (exact) mass is 390 g/mol. The van der Waals surface area contributed by atoms with Crippen LogP contribution in [0.2, 0.25) is 0 Å². The van der Waals surface area contributed by atoms with Crippen LogP contribution in [0.1, 0.15) is 25.3 Å². The number of rotatable bonds is 4. The Hall–Kier alpha value is -2.04. The van der Waals surface area contributed by atoms with Gasteiger partial charge in [-0.1, -0.05) is 13.0 Å². The number of benzene rings is 1. The van der Waals surface area contributed by atoms with E-state index in [0.717, 1.165) is 6.92 Å². The number of halogens is 7. The summed E-state index contributed by atoms with van der Waals surface area (Å²) >= 11 is 0. The molecule has 0 aromatic heterocycles. The molecule has 146 valence electrons. The first-order chi connectivity index (χ1) is 11.8. The van der Waals surface area contributed by atoms with Crippen molar-refractivity contribution in [1.82, 2.24) is 0 Å². The van der Waals surface area contributed by atoms with Crippen molar-refractivity contribution in [3.8, 4) is 5.75 Å². The number of carboxylic acids is 1. The third-order valence-corrected chi connectivity index (χ3v) is 4.56. The molecule has 1 aliphatic rings. The highest BCUT2D eigenvalue weighted by atomic mass is 19.4. The Morgan fingerprint density at radius 3 is 2.35 bits per heavy atom. The van der Waals surface area contributed by atoms with Gasteiger partial charge in [0.1, 0.15) is 0 Å². The smallest absolute Gasteiger partial charge is 0.417 e. The molecule has 0 saturated carbocycles. The second-order valence-corrected chi connectivity index (χ2v) is 5.95. The number of hydrogen-bond acceptors (Lipinski definition) is 3. The van der Waals surface area contributed by atoms with Crippen molar-refractivity contribution in [2.45, 2.75) is 44.3 Å². The van der Waals surface area contributed by atoms with Crippen molar-refractivity contribution < 1.29 is 50.1 Å². The van der Waals surface area contributed by atoms with Gasteiger partial charge in [-0.25, -0.2) is 9.18 Å². The molecule has 1 fully saturated rings. The zero-order valence-corrected chi connectivity index (χ0v) is 13.3. The van der Waals surface area contributed by atoms with Crippen molar-refractivity contribution in [1.29, 1.82) is 0 Å². The molecule has 4 nitrogen and oxygen atoms in total. The van der Waals surface area contributed by atoms with Crippen LogP contribution in [0.3, 0.4) is 0 Å². The van der Waals surface area contributed by atoms with E-state index in [1.807, 2.05) is 0 Å². The highest BCUT2D eigenvalue weighted by Gasteiger charge is 2.66. The molecule has 0 radical (unpaired) electrons. The summed E-state index contributed by atoms with van der Waals surface area (Å²) < 4.78 is 101. The Balaban J connectivity index is 2.65. The number of alkyl halides is 5. The number of carboxylic acid groups (broad SMARTS) is 1.